The highest BCUT2D eigenvalue weighted by Crippen LogP contribution is 2.28. The molecule has 0 spiro atoms. The maximum absolute atomic E-state index is 5.69. The Kier molecular flexibility index (Phi) is 8.74. The molecule has 0 aliphatic rings. The summed E-state index contributed by atoms with van der Waals surface area (Å²) in [5.41, 5.74) is 3.10. The summed E-state index contributed by atoms with van der Waals surface area (Å²) in [7, 11) is 1.66. The van der Waals surface area contributed by atoms with Crippen LogP contribution >= 0.6 is 12.2 Å². The lowest BCUT2D eigenvalue weighted by Crippen LogP contribution is -2.30. The lowest BCUT2D eigenvalue weighted by atomic mass is 10.1. The number of anilines is 1. The number of benzene rings is 2. The van der Waals surface area contributed by atoms with Gasteiger partial charge in [0.1, 0.15) is 5.75 Å². The van der Waals surface area contributed by atoms with Crippen molar-refractivity contribution >= 4 is 23.0 Å². The minimum Gasteiger partial charge on any atom is -0.497 e. The highest BCUT2D eigenvalue weighted by atomic mass is 32.1. The number of hydrogen-bond donors (Lipinski definition) is 2. The monoisotopic (exact) mass is 454 g/mol. The molecule has 2 N–H and O–H groups in total. The van der Waals surface area contributed by atoms with Crippen molar-refractivity contribution in [2.45, 2.75) is 26.8 Å². The van der Waals surface area contributed by atoms with E-state index in [0.29, 0.717) is 31.4 Å². The minimum absolute atomic E-state index is 0.557. The molecule has 170 valence electrons. The first-order valence-corrected chi connectivity index (χ1v) is 11.1. The Bertz CT molecular complexity index is 1020. The van der Waals surface area contributed by atoms with Gasteiger partial charge in [0.05, 0.1) is 38.8 Å². The summed E-state index contributed by atoms with van der Waals surface area (Å²) in [5.74, 6) is 2.38. The van der Waals surface area contributed by atoms with Gasteiger partial charge in [0.15, 0.2) is 16.6 Å². The fourth-order valence-corrected chi connectivity index (χ4v) is 3.44. The predicted molar refractivity (Wildman–Crippen MR) is 131 cm³/mol. The molecule has 7 nitrogen and oxygen atoms in total. The first-order valence-electron chi connectivity index (χ1n) is 10.7. The van der Waals surface area contributed by atoms with Crippen LogP contribution in [-0.2, 0) is 13.0 Å². The van der Waals surface area contributed by atoms with Crippen LogP contribution in [0.2, 0.25) is 0 Å². The van der Waals surface area contributed by atoms with E-state index in [1.165, 1.54) is 0 Å². The molecule has 0 saturated carbocycles. The number of hydrogen-bond acceptors (Lipinski definition) is 5. The molecule has 32 heavy (non-hydrogen) atoms. The molecular weight excluding hydrogens is 424 g/mol. The van der Waals surface area contributed by atoms with E-state index in [-0.39, 0.29) is 0 Å². The van der Waals surface area contributed by atoms with Crippen LogP contribution in [0.25, 0.3) is 0 Å². The Morgan fingerprint density at radius 2 is 1.84 bits per heavy atom. The molecule has 1 aromatic heterocycles. The van der Waals surface area contributed by atoms with E-state index in [9.17, 15) is 0 Å². The lowest BCUT2D eigenvalue weighted by Gasteiger charge is -2.13. The number of nitrogens with zero attached hydrogens (tertiary/aromatic N) is 2. The van der Waals surface area contributed by atoms with Gasteiger partial charge in [-0.25, -0.2) is 0 Å². The second-order valence-corrected chi connectivity index (χ2v) is 7.46. The van der Waals surface area contributed by atoms with Crippen LogP contribution in [0.5, 0.6) is 17.2 Å². The Hall–Kier alpha value is -3.26. The fraction of sp³-hybridized carbons (Fsp3) is 0.333. The largest absolute Gasteiger partial charge is 0.497 e. The van der Waals surface area contributed by atoms with Gasteiger partial charge >= 0.3 is 0 Å². The van der Waals surface area contributed by atoms with Crippen LogP contribution < -0.4 is 24.8 Å². The maximum atomic E-state index is 5.69. The van der Waals surface area contributed by atoms with Gasteiger partial charge in [-0.05, 0) is 67.9 Å². The first-order chi connectivity index (χ1) is 15.6. The zero-order valence-electron chi connectivity index (χ0n) is 18.8. The molecule has 3 aromatic rings. The Labute approximate surface area is 194 Å². The maximum Gasteiger partial charge on any atom is 0.170 e. The minimum atomic E-state index is 0.557. The van der Waals surface area contributed by atoms with Gasteiger partial charge in [0.25, 0.3) is 0 Å². The second-order valence-electron chi connectivity index (χ2n) is 7.06. The summed E-state index contributed by atoms with van der Waals surface area (Å²) in [6, 6.07) is 14.0. The van der Waals surface area contributed by atoms with Gasteiger partial charge in [0, 0.05) is 12.7 Å². The standard InChI is InChI=1S/C24H30N4O3S/c1-4-30-22-10-9-18(14-23(22)31-5-2)11-12-25-24(32)27-20-15-26-28(17-20)16-19-7-6-8-21(13-19)29-3/h6-10,13-15,17H,4-5,11-12,16H2,1-3H3,(H2,25,27,32). The molecule has 1 heterocycles. The molecular formula is C24H30N4O3S. The zero-order chi connectivity index (χ0) is 22.8. The van der Waals surface area contributed by atoms with Crippen LogP contribution in [0.3, 0.4) is 0 Å². The SMILES string of the molecule is CCOc1ccc(CCNC(=S)Nc2cnn(Cc3cccc(OC)c3)c2)cc1OCC. The van der Waals surface area contributed by atoms with E-state index < -0.39 is 0 Å². The second kappa shape index (κ2) is 12.0. The molecule has 3 rings (SSSR count). The number of aromatic nitrogens is 2. The molecule has 0 amide bonds. The smallest absolute Gasteiger partial charge is 0.170 e. The number of ether oxygens (including phenoxy) is 3. The van der Waals surface area contributed by atoms with Crippen molar-refractivity contribution in [2.24, 2.45) is 0 Å². The summed E-state index contributed by atoms with van der Waals surface area (Å²) >= 11 is 5.43. The molecule has 0 saturated heterocycles. The molecule has 8 heteroatoms. The van der Waals surface area contributed by atoms with Gasteiger partial charge < -0.3 is 24.8 Å². The highest BCUT2D eigenvalue weighted by Gasteiger charge is 2.07. The summed E-state index contributed by atoms with van der Waals surface area (Å²) in [5, 5.41) is 11.4. The van der Waals surface area contributed by atoms with Crippen molar-refractivity contribution in [1.29, 1.82) is 0 Å². The van der Waals surface area contributed by atoms with Crippen molar-refractivity contribution in [1.82, 2.24) is 15.1 Å². The fourth-order valence-electron chi connectivity index (χ4n) is 3.22. The number of rotatable bonds is 11. The summed E-state index contributed by atoms with van der Waals surface area (Å²) in [6.45, 7) is 6.48. The van der Waals surface area contributed by atoms with Crippen molar-refractivity contribution in [2.75, 3.05) is 32.2 Å². The summed E-state index contributed by atoms with van der Waals surface area (Å²) in [4.78, 5) is 0. The van der Waals surface area contributed by atoms with Gasteiger partial charge in [-0.3, -0.25) is 4.68 Å². The average Bonchev–Trinajstić information content (AvgIpc) is 3.22. The molecule has 0 radical (unpaired) electrons. The topological polar surface area (TPSA) is 69.6 Å². The molecule has 2 aromatic carbocycles. The van der Waals surface area contributed by atoms with Gasteiger partial charge in [-0.1, -0.05) is 18.2 Å². The first kappa shape index (κ1) is 23.4. The normalized spacial score (nSPS) is 10.5. The number of thiocarbonyl (C=S) groups is 1. The molecule has 0 aliphatic carbocycles. The van der Waals surface area contributed by atoms with E-state index in [1.54, 1.807) is 13.3 Å². The van der Waals surface area contributed by atoms with Crippen LogP contribution in [-0.4, -0.2) is 41.8 Å². The van der Waals surface area contributed by atoms with Crippen LogP contribution in [0.4, 0.5) is 5.69 Å². The molecule has 0 bridgehead atoms. The molecule has 0 fully saturated rings. The highest BCUT2D eigenvalue weighted by molar-refractivity contribution is 7.80. The molecule has 0 unspecified atom stereocenters. The van der Waals surface area contributed by atoms with E-state index >= 15 is 0 Å². The third kappa shape index (κ3) is 6.88. The number of nitrogens with one attached hydrogen (secondary N) is 2. The zero-order valence-corrected chi connectivity index (χ0v) is 19.6. The molecule has 0 atom stereocenters. The average molecular weight is 455 g/mol. The lowest BCUT2D eigenvalue weighted by molar-refractivity contribution is 0.287. The summed E-state index contributed by atoms with van der Waals surface area (Å²) < 4.78 is 18.4. The number of methoxy groups -OCH3 is 1. The Balaban J connectivity index is 1.47. The Morgan fingerprint density at radius 3 is 2.62 bits per heavy atom. The van der Waals surface area contributed by atoms with Gasteiger partial charge in [0.2, 0.25) is 0 Å². The van der Waals surface area contributed by atoms with Crippen LogP contribution in [0.1, 0.15) is 25.0 Å². The van der Waals surface area contributed by atoms with Crippen LogP contribution in [0.15, 0.2) is 54.9 Å². The van der Waals surface area contributed by atoms with E-state index in [4.69, 9.17) is 26.4 Å². The predicted octanol–water partition coefficient (Wildman–Crippen LogP) is 4.27. The Morgan fingerprint density at radius 1 is 1.03 bits per heavy atom. The van der Waals surface area contributed by atoms with Gasteiger partial charge in [-0.15, -0.1) is 0 Å². The third-order valence-electron chi connectivity index (χ3n) is 4.68. The van der Waals surface area contributed by atoms with Crippen LogP contribution in [0, 0.1) is 0 Å². The van der Waals surface area contributed by atoms with E-state index in [2.05, 4.69) is 15.7 Å². The van der Waals surface area contributed by atoms with E-state index in [1.807, 2.05) is 67.2 Å². The van der Waals surface area contributed by atoms with Crippen molar-refractivity contribution < 1.29 is 14.2 Å². The summed E-state index contributed by atoms with van der Waals surface area (Å²) in [6.07, 6.45) is 4.49. The quantitative estimate of drug-likeness (QED) is 0.420. The van der Waals surface area contributed by atoms with Gasteiger partial charge in [-0.2, -0.15) is 5.10 Å². The van der Waals surface area contributed by atoms with Crippen molar-refractivity contribution in [3.63, 3.8) is 0 Å². The van der Waals surface area contributed by atoms with Crippen molar-refractivity contribution in [3.8, 4) is 17.2 Å². The van der Waals surface area contributed by atoms with E-state index in [0.717, 1.165) is 40.5 Å². The third-order valence-corrected chi connectivity index (χ3v) is 4.92. The van der Waals surface area contributed by atoms with Crippen molar-refractivity contribution in [3.05, 3.63) is 66.0 Å². The molecule has 0 aliphatic heterocycles.